The lowest BCUT2D eigenvalue weighted by Crippen LogP contribution is -2.49. The van der Waals surface area contributed by atoms with Crippen molar-refractivity contribution in [1.82, 2.24) is 19.4 Å². The van der Waals surface area contributed by atoms with E-state index in [0.29, 0.717) is 50.7 Å². The van der Waals surface area contributed by atoms with Crippen molar-refractivity contribution in [3.05, 3.63) is 52.4 Å². The minimum absolute atomic E-state index is 0.103. The lowest BCUT2D eigenvalue weighted by atomic mass is 10.1. The molecule has 1 fully saturated rings. The third-order valence-electron chi connectivity index (χ3n) is 5.88. The van der Waals surface area contributed by atoms with Gasteiger partial charge in [-0.2, -0.15) is 0 Å². The van der Waals surface area contributed by atoms with Gasteiger partial charge in [-0.1, -0.05) is 23.8 Å². The molecule has 170 valence electrons. The summed E-state index contributed by atoms with van der Waals surface area (Å²) >= 11 is 0. The molecule has 1 aliphatic heterocycles. The third kappa shape index (κ3) is 4.82. The lowest BCUT2D eigenvalue weighted by molar-refractivity contribution is 0.139. The van der Waals surface area contributed by atoms with E-state index in [1.807, 2.05) is 30.0 Å². The molecule has 1 N–H and O–H groups in total. The number of aryl methyl sites for hydroxylation is 1. The molecule has 2 aromatic heterocycles. The van der Waals surface area contributed by atoms with Crippen molar-refractivity contribution in [3.8, 4) is 11.3 Å². The van der Waals surface area contributed by atoms with Gasteiger partial charge in [-0.3, -0.25) is 14.7 Å². The molecular weight excluding hydrogens is 406 g/mol. The quantitative estimate of drug-likeness (QED) is 0.539. The topological polar surface area (TPSA) is 83.7 Å². The van der Waals surface area contributed by atoms with Crippen molar-refractivity contribution in [1.29, 1.82) is 0 Å². The number of anilines is 1. The number of fused-ring (bicyclic) bond motifs is 1. The predicted octanol–water partition coefficient (Wildman–Crippen LogP) is 1.92. The first-order chi connectivity index (χ1) is 15.6. The van der Waals surface area contributed by atoms with Crippen LogP contribution in [0.4, 0.5) is 5.82 Å². The van der Waals surface area contributed by atoms with Gasteiger partial charge in [-0.25, -0.2) is 4.98 Å². The average molecular weight is 438 g/mol. The first kappa shape index (κ1) is 22.4. The standard InChI is InChI=1S/C24H31N5O3/c1-3-32-14-12-29-22-16-20(19-6-4-5-18(2)15-19)25-17-21(22)26-23(24(29)31)28-9-7-27(8-10-28)11-13-30/h4-6,15-17,30H,3,7-14H2,1-2H3. The summed E-state index contributed by atoms with van der Waals surface area (Å²) in [7, 11) is 0. The molecule has 0 bridgehead atoms. The van der Waals surface area contributed by atoms with Gasteiger partial charge in [0.25, 0.3) is 5.56 Å². The van der Waals surface area contributed by atoms with Gasteiger partial charge >= 0.3 is 0 Å². The molecule has 3 aromatic rings. The maximum atomic E-state index is 13.5. The number of ether oxygens (including phenoxy) is 1. The highest BCUT2D eigenvalue weighted by atomic mass is 16.5. The summed E-state index contributed by atoms with van der Waals surface area (Å²) in [5, 5.41) is 9.18. The molecule has 0 aliphatic carbocycles. The van der Waals surface area contributed by atoms with E-state index in [1.165, 1.54) is 0 Å². The number of benzene rings is 1. The Balaban J connectivity index is 1.74. The molecule has 1 aliphatic rings. The highest BCUT2D eigenvalue weighted by Crippen LogP contribution is 2.23. The number of aliphatic hydroxyl groups is 1. The van der Waals surface area contributed by atoms with Crippen LogP contribution in [0, 0.1) is 6.92 Å². The first-order valence-electron chi connectivity index (χ1n) is 11.2. The summed E-state index contributed by atoms with van der Waals surface area (Å²) in [6, 6.07) is 10.1. The van der Waals surface area contributed by atoms with Crippen LogP contribution < -0.4 is 10.5 Å². The third-order valence-corrected chi connectivity index (χ3v) is 5.88. The lowest BCUT2D eigenvalue weighted by Gasteiger charge is -2.34. The molecule has 8 heteroatoms. The van der Waals surface area contributed by atoms with E-state index in [2.05, 4.69) is 28.9 Å². The fourth-order valence-electron chi connectivity index (χ4n) is 4.15. The van der Waals surface area contributed by atoms with Crippen LogP contribution in [0.5, 0.6) is 0 Å². The fourth-order valence-corrected chi connectivity index (χ4v) is 4.15. The van der Waals surface area contributed by atoms with Gasteiger partial charge < -0.3 is 19.3 Å². The Hall–Kier alpha value is -2.81. The number of hydrogen-bond acceptors (Lipinski definition) is 7. The van der Waals surface area contributed by atoms with E-state index in [9.17, 15) is 9.90 Å². The summed E-state index contributed by atoms with van der Waals surface area (Å²) in [4.78, 5) is 27.1. The minimum atomic E-state index is -0.103. The van der Waals surface area contributed by atoms with Crippen molar-refractivity contribution in [3.63, 3.8) is 0 Å². The molecule has 32 heavy (non-hydrogen) atoms. The Labute approximate surface area is 188 Å². The van der Waals surface area contributed by atoms with Crippen molar-refractivity contribution in [2.75, 3.05) is 57.4 Å². The van der Waals surface area contributed by atoms with Crippen molar-refractivity contribution < 1.29 is 9.84 Å². The Morgan fingerprint density at radius 1 is 1.12 bits per heavy atom. The zero-order valence-electron chi connectivity index (χ0n) is 18.8. The van der Waals surface area contributed by atoms with Gasteiger partial charge in [0.15, 0.2) is 5.82 Å². The molecule has 0 amide bonds. The van der Waals surface area contributed by atoms with Crippen LogP contribution in [0.25, 0.3) is 22.3 Å². The summed E-state index contributed by atoms with van der Waals surface area (Å²) in [6.07, 6.45) is 1.76. The number of aliphatic hydroxyl groups excluding tert-OH is 1. The Morgan fingerprint density at radius 3 is 2.66 bits per heavy atom. The van der Waals surface area contributed by atoms with Gasteiger partial charge in [-0.05, 0) is 26.0 Å². The average Bonchev–Trinajstić information content (AvgIpc) is 2.81. The zero-order chi connectivity index (χ0) is 22.5. The normalized spacial score (nSPS) is 14.9. The van der Waals surface area contributed by atoms with Crippen molar-refractivity contribution in [2.24, 2.45) is 0 Å². The van der Waals surface area contributed by atoms with Gasteiger partial charge in [0.2, 0.25) is 0 Å². The van der Waals surface area contributed by atoms with Crippen molar-refractivity contribution in [2.45, 2.75) is 20.4 Å². The van der Waals surface area contributed by atoms with E-state index in [1.54, 1.807) is 10.8 Å². The summed E-state index contributed by atoms with van der Waals surface area (Å²) in [5.41, 5.74) is 4.35. The Bertz CT molecular complexity index is 1120. The van der Waals surface area contributed by atoms with Crippen LogP contribution in [0.15, 0.2) is 41.3 Å². The van der Waals surface area contributed by atoms with E-state index in [4.69, 9.17) is 9.72 Å². The SMILES string of the molecule is CCOCCn1c(=O)c(N2CCN(CCO)CC2)nc2cnc(-c3cccc(C)c3)cc21. The number of piperazine rings is 1. The van der Waals surface area contributed by atoms with Crippen LogP contribution in [0.2, 0.25) is 0 Å². The van der Waals surface area contributed by atoms with Gasteiger partial charge in [0.05, 0.1) is 30.6 Å². The molecule has 4 rings (SSSR count). The highest BCUT2D eigenvalue weighted by Gasteiger charge is 2.22. The monoisotopic (exact) mass is 437 g/mol. The molecule has 0 atom stereocenters. The molecule has 3 heterocycles. The molecule has 1 aromatic carbocycles. The summed E-state index contributed by atoms with van der Waals surface area (Å²) < 4.78 is 7.33. The van der Waals surface area contributed by atoms with Gasteiger partial charge in [-0.15, -0.1) is 0 Å². The number of hydrogen-bond donors (Lipinski definition) is 1. The zero-order valence-corrected chi connectivity index (χ0v) is 18.8. The molecule has 0 radical (unpaired) electrons. The minimum Gasteiger partial charge on any atom is -0.395 e. The van der Waals surface area contributed by atoms with E-state index >= 15 is 0 Å². The molecule has 0 spiro atoms. The van der Waals surface area contributed by atoms with Crippen molar-refractivity contribution >= 4 is 16.9 Å². The second kappa shape index (κ2) is 10.2. The largest absolute Gasteiger partial charge is 0.395 e. The maximum absolute atomic E-state index is 13.5. The van der Waals surface area contributed by atoms with Gasteiger partial charge in [0, 0.05) is 51.4 Å². The number of nitrogens with zero attached hydrogens (tertiary/aromatic N) is 5. The van der Waals surface area contributed by atoms with Crippen LogP contribution in [0.1, 0.15) is 12.5 Å². The summed E-state index contributed by atoms with van der Waals surface area (Å²) in [5.74, 6) is 0.461. The van der Waals surface area contributed by atoms with Crippen LogP contribution in [0.3, 0.4) is 0 Å². The molecule has 1 saturated heterocycles. The van der Waals surface area contributed by atoms with Crippen LogP contribution in [-0.2, 0) is 11.3 Å². The predicted molar refractivity (Wildman–Crippen MR) is 126 cm³/mol. The fraction of sp³-hybridized carbons (Fsp3) is 0.458. The first-order valence-corrected chi connectivity index (χ1v) is 11.2. The number of aromatic nitrogens is 3. The maximum Gasteiger partial charge on any atom is 0.294 e. The van der Waals surface area contributed by atoms with Crippen LogP contribution in [-0.4, -0.2) is 77.1 Å². The smallest absolute Gasteiger partial charge is 0.294 e. The number of pyridine rings is 1. The highest BCUT2D eigenvalue weighted by molar-refractivity contribution is 5.80. The molecule has 0 saturated carbocycles. The van der Waals surface area contributed by atoms with E-state index in [-0.39, 0.29) is 12.2 Å². The number of rotatable bonds is 8. The molecule has 8 nitrogen and oxygen atoms in total. The van der Waals surface area contributed by atoms with Crippen LogP contribution >= 0.6 is 0 Å². The van der Waals surface area contributed by atoms with E-state index in [0.717, 1.165) is 35.4 Å². The second-order valence-electron chi connectivity index (χ2n) is 8.07. The Kier molecular flexibility index (Phi) is 7.14. The second-order valence-corrected chi connectivity index (χ2v) is 8.07. The molecular formula is C24H31N5O3. The molecule has 0 unspecified atom stereocenters. The number of β-amino-alcohol motifs (C(OH)–C–C–N with tert-alkyl or cyclic N) is 1. The Morgan fingerprint density at radius 2 is 1.94 bits per heavy atom. The summed E-state index contributed by atoms with van der Waals surface area (Å²) in [6.45, 7) is 9.32. The van der Waals surface area contributed by atoms with Gasteiger partial charge in [0.1, 0.15) is 5.52 Å². The van der Waals surface area contributed by atoms with E-state index < -0.39 is 0 Å².